The molecule has 4 fully saturated rings. The number of hydrogen-bond acceptors (Lipinski definition) is 11. The molecule has 0 spiro atoms. The Morgan fingerprint density at radius 2 is 1.98 bits per heavy atom. The minimum Gasteiger partial charge on any atom is -0.508 e. The summed E-state index contributed by atoms with van der Waals surface area (Å²) in [6.07, 6.45) is 5.97. The number of amides is 1. The number of aromatic nitrogens is 3. The third kappa shape index (κ3) is 6.03. The molecule has 0 radical (unpaired) electrons. The number of ether oxygens (including phenoxy) is 3. The normalized spacial score (nSPS) is 24.2. The lowest BCUT2D eigenvalue weighted by molar-refractivity contribution is 0.0748. The van der Waals surface area contributed by atoms with Crippen LogP contribution in [0.15, 0.2) is 24.3 Å². The number of phenols is 1. The van der Waals surface area contributed by atoms with Crippen LogP contribution in [-0.2, 0) is 11.2 Å². The van der Waals surface area contributed by atoms with Gasteiger partial charge in [-0.05, 0) is 86.0 Å². The Labute approximate surface area is 306 Å². The molecule has 12 nitrogen and oxygen atoms in total. The highest BCUT2D eigenvalue weighted by Gasteiger charge is 2.48. The summed E-state index contributed by atoms with van der Waals surface area (Å²) >= 11 is 0. The summed E-state index contributed by atoms with van der Waals surface area (Å²) in [5.41, 5.74) is 0.471. The molecule has 2 bridgehead atoms. The lowest BCUT2D eigenvalue weighted by Crippen LogP contribution is -2.60. The number of likely N-dealkylation sites (tertiary alicyclic amines) is 1. The number of piperazine rings is 1. The predicted molar refractivity (Wildman–Crippen MR) is 195 cm³/mol. The number of nitrogens with zero attached hydrogens (tertiary/aromatic N) is 6. The van der Waals surface area contributed by atoms with Crippen LogP contribution in [0, 0.1) is 17.0 Å². The van der Waals surface area contributed by atoms with Crippen LogP contribution in [0.4, 0.5) is 19.4 Å². The van der Waals surface area contributed by atoms with Crippen LogP contribution in [0.1, 0.15) is 51.0 Å². The van der Waals surface area contributed by atoms with Crippen LogP contribution in [-0.4, -0.2) is 114 Å². The molecule has 2 aromatic carbocycles. The smallest absolute Gasteiger partial charge is 0.409 e. The van der Waals surface area contributed by atoms with Gasteiger partial charge in [-0.1, -0.05) is 13.0 Å². The molecule has 4 aliphatic heterocycles. The summed E-state index contributed by atoms with van der Waals surface area (Å²) in [5.74, 6) is -0.489. The van der Waals surface area contributed by atoms with E-state index in [0.29, 0.717) is 60.3 Å². The molecule has 1 saturated carbocycles. The molecule has 2 aromatic heterocycles. The first-order valence-electron chi connectivity index (χ1n) is 18.8. The lowest BCUT2D eigenvalue weighted by atomic mass is 9.94. The number of aromatic hydroxyl groups is 1. The Morgan fingerprint density at radius 1 is 1.13 bits per heavy atom. The number of phenolic OH excluding ortho intramolecular Hbond substituents is 1. The second-order valence-corrected chi connectivity index (χ2v) is 15.7. The molecule has 2 N–H and O–H groups in total. The molecule has 9 rings (SSSR count). The maximum Gasteiger partial charge on any atom is 0.409 e. The van der Waals surface area contributed by atoms with Crippen LogP contribution in [0.2, 0.25) is 0 Å². The SMILES string of the molecule is CCc1c(F)ccc2cc(O)cc(-c3nc4c5c(nc(OCC6(CN7CCC[C@@H]7COC(=O)N(C)C)CC6)nc5c3F)N3C[C@H]5CC[C@H](N5)[C@@H]3CO4)c12. The summed E-state index contributed by atoms with van der Waals surface area (Å²) in [4.78, 5) is 32.6. The molecule has 1 amide bonds. The van der Waals surface area contributed by atoms with Crippen molar-refractivity contribution in [2.75, 3.05) is 58.5 Å². The average molecular weight is 730 g/mol. The number of carbonyl (C=O) groups is 1. The molecule has 0 unspecified atom stereocenters. The molecular weight excluding hydrogens is 684 g/mol. The monoisotopic (exact) mass is 729 g/mol. The molecule has 5 aliphatic rings. The van der Waals surface area contributed by atoms with Gasteiger partial charge >= 0.3 is 12.1 Å². The summed E-state index contributed by atoms with van der Waals surface area (Å²) in [5, 5.41) is 15.9. The maximum absolute atomic E-state index is 17.2. The summed E-state index contributed by atoms with van der Waals surface area (Å²) in [6, 6.07) is 6.52. The first-order valence-corrected chi connectivity index (χ1v) is 18.8. The van der Waals surface area contributed by atoms with Crippen LogP contribution >= 0.6 is 0 Å². The molecule has 53 heavy (non-hydrogen) atoms. The van der Waals surface area contributed by atoms with Crippen molar-refractivity contribution in [3.8, 4) is 28.9 Å². The average Bonchev–Trinajstić information content (AvgIpc) is 3.65. The van der Waals surface area contributed by atoms with Gasteiger partial charge in [-0.2, -0.15) is 9.97 Å². The minimum atomic E-state index is -0.719. The Morgan fingerprint density at radius 3 is 2.77 bits per heavy atom. The van der Waals surface area contributed by atoms with Gasteiger partial charge in [0.1, 0.15) is 47.2 Å². The quantitative estimate of drug-likeness (QED) is 0.230. The summed E-state index contributed by atoms with van der Waals surface area (Å²) in [6.45, 7) is 5.24. The van der Waals surface area contributed by atoms with E-state index < -0.39 is 11.6 Å². The van der Waals surface area contributed by atoms with E-state index in [1.165, 1.54) is 17.0 Å². The standard InChI is InChI=1S/C39H45F2N7O5/c1-4-25-27(40)9-7-21-14-24(49)15-26(30(21)25)33-32(41)34-31-35(48-16-22-8-10-28(42-22)29(48)18-51-36(31)43-33)45-37(44-34)53-20-39(11-12-39)19-47-13-5-6-23(47)17-52-38(50)46(2)3/h7,9,14-15,22-23,28-29,42,49H,4-6,8,10-13,16-20H2,1-3H3/t22-,23-,28+,29+/m1/s1. The number of carbonyl (C=O) groups excluding carboxylic acids is 1. The largest absolute Gasteiger partial charge is 0.508 e. The zero-order valence-electron chi connectivity index (χ0n) is 30.3. The van der Waals surface area contributed by atoms with Crippen LogP contribution in [0.3, 0.4) is 0 Å². The zero-order valence-corrected chi connectivity index (χ0v) is 30.3. The lowest BCUT2D eigenvalue weighted by Gasteiger charge is -2.40. The van der Waals surface area contributed by atoms with E-state index in [1.54, 1.807) is 26.2 Å². The van der Waals surface area contributed by atoms with Gasteiger partial charge in [-0.3, -0.25) is 4.90 Å². The van der Waals surface area contributed by atoms with Gasteiger partial charge in [-0.15, -0.1) is 0 Å². The predicted octanol–water partition coefficient (Wildman–Crippen LogP) is 5.41. The minimum absolute atomic E-state index is 0.00892. The third-order valence-corrected chi connectivity index (χ3v) is 12.0. The Hall–Kier alpha value is -4.56. The fourth-order valence-corrected chi connectivity index (χ4v) is 8.95. The molecule has 280 valence electrons. The Bertz CT molecular complexity index is 2110. The molecule has 3 saturated heterocycles. The van der Waals surface area contributed by atoms with Crippen molar-refractivity contribution in [2.24, 2.45) is 5.41 Å². The van der Waals surface area contributed by atoms with Crippen molar-refractivity contribution in [3.05, 3.63) is 41.5 Å². The van der Waals surface area contributed by atoms with Crippen molar-refractivity contribution < 1.29 is 32.9 Å². The maximum atomic E-state index is 17.2. The Balaban J connectivity index is 1.10. The fourth-order valence-electron chi connectivity index (χ4n) is 8.95. The van der Waals surface area contributed by atoms with Gasteiger partial charge in [0.15, 0.2) is 5.82 Å². The van der Waals surface area contributed by atoms with Gasteiger partial charge in [0.05, 0.1) is 12.6 Å². The number of nitrogens with one attached hydrogen (secondary N) is 1. The van der Waals surface area contributed by atoms with E-state index in [2.05, 4.69) is 15.1 Å². The molecule has 6 heterocycles. The van der Waals surface area contributed by atoms with Crippen molar-refractivity contribution in [1.29, 1.82) is 0 Å². The zero-order chi connectivity index (χ0) is 36.6. The number of pyridine rings is 1. The highest BCUT2D eigenvalue weighted by atomic mass is 19.1. The van der Waals surface area contributed by atoms with Gasteiger partial charge in [-0.25, -0.2) is 18.6 Å². The van der Waals surface area contributed by atoms with Gasteiger partial charge in [0.2, 0.25) is 5.88 Å². The van der Waals surface area contributed by atoms with E-state index in [-0.39, 0.29) is 70.1 Å². The van der Waals surface area contributed by atoms with Crippen molar-refractivity contribution in [1.82, 2.24) is 30.1 Å². The summed E-state index contributed by atoms with van der Waals surface area (Å²) in [7, 11) is 3.36. The highest BCUT2D eigenvalue weighted by Crippen LogP contribution is 2.49. The van der Waals surface area contributed by atoms with Gasteiger partial charge < -0.3 is 34.4 Å². The van der Waals surface area contributed by atoms with E-state index in [4.69, 9.17) is 29.2 Å². The van der Waals surface area contributed by atoms with Crippen LogP contribution in [0.25, 0.3) is 32.9 Å². The molecule has 1 aliphatic carbocycles. The second kappa shape index (κ2) is 13.1. The number of benzene rings is 2. The van der Waals surface area contributed by atoms with E-state index in [9.17, 15) is 9.90 Å². The van der Waals surface area contributed by atoms with E-state index in [1.807, 2.05) is 6.92 Å². The van der Waals surface area contributed by atoms with Crippen LogP contribution < -0.4 is 19.7 Å². The number of halogens is 2. The third-order valence-electron chi connectivity index (χ3n) is 12.0. The van der Waals surface area contributed by atoms with E-state index >= 15 is 8.78 Å². The van der Waals surface area contributed by atoms with Gasteiger partial charge in [0.25, 0.3) is 0 Å². The van der Waals surface area contributed by atoms with Crippen molar-refractivity contribution in [2.45, 2.75) is 76.0 Å². The topological polar surface area (TPSA) is 125 Å². The van der Waals surface area contributed by atoms with Gasteiger partial charge in [0, 0.05) is 56.3 Å². The fraction of sp³-hybridized carbons (Fsp3) is 0.538. The number of anilines is 1. The van der Waals surface area contributed by atoms with Crippen molar-refractivity contribution >= 4 is 33.6 Å². The Kier molecular flexibility index (Phi) is 8.45. The number of rotatable bonds is 9. The highest BCUT2D eigenvalue weighted by molar-refractivity contribution is 6.03. The molecule has 14 heteroatoms. The number of hydrogen-bond donors (Lipinski definition) is 2. The van der Waals surface area contributed by atoms with Crippen molar-refractivity contribution in [3.63, 3.8) is 0 Å². The van der Waals surface area contributed by atoms with Crippen LogP contribution in [0.5, 0.6) is 17.6 Å². The first kappa shape index (κ1) is 34.2. The number of aryl methyl sites for hydroxylation is 1. The number of fused-ring (bicyclic) bond motifs is 6. The molecule has 4 aromatic rings. The molecular formula is C39H45F2N7O5. The summed E-state index contributed by atoms with van der Waals surface area (Å²) < 4.78 is 50.8. The molecule has 4 atom stereocenters. The second-order valence-electron chi connectivity index (χ2n) is 15.7. The first-order chi connectivity index (χ1) is 25.6. The van der Waals surface area contributed by atoms with E-state index in [0.717, 1.165) is 51.6 Å².